The summed E-state index contributed by atoms with van der Waals surface area (Å²) in [6.45, 7) is 11.2. The highest BCUT2D eigenvalue weighted by molar-refractivity contribution is 6.35. The van der Waals surface area contributed by atoms with Gasteiger partial charge in [-0.05, 0) is 107 Å². The van der Waals surface area contributed by atoms with E-state index in [9.17, 15) is 0 Å². The van der Waals surface area contributed by atoms with Gasteiger partial charge in [-0.3, -0.25) is 14.5 Å². The van der Waals surface area contributed by atoms with Crippen LogP contribution in [-0.2, 0) is 20.5 Å². The van der Waals surface area contributed by atoms with Gasteiger partial charge in [0.25, 0.3) is 5.91 Å². The molecule has 8 rings (SSSR count). The normalized spacial score (nSPS) is 14.5. The Morgan fingerprint density at radius 1 is 0.925 bits per heavy atom. The van der Waals surface area contributed by atoms with Crippen molar-refractivity contribution in [3.8, 4) is 28.1 Å². The van der Waals surface area contributed by atoms with E-state index in [2.05, 4.69) is 58.4 Å². The number of carbonyl (C=O) groups is 1. The maximum atomic E-state index is 15.2. The molecule has 0 saturated heterocycles. The standard InChI is InChI=1S/C43H42Cl2N6O2/c1-24-19-30(20-25(2)40(24)45)53-18-10-11-31-32-14-15-34(44)39(38-27(4)47-49(7)28(38)5)41(32)51-26(3)22-50(43(52)42(31)51)37-23-48(6)36-16-13-29(21-33(36)37)35-12-8-9-17-46-35/h8-9,12-17,19-21,23,26H,10-11,18,22H2,1-7H3/t26-/m1/s1. The van der Waals surface area contributed by atoms with Crippen LogP contribution < -0.4 is 9.64 Å². The van der Waals surface area contributed by atoms with Crippen LogP contribution in [0.2, 0.25) is 10.0 Å². The Kier molecular flexibility index (Phi) is 8.86. The summed E-state index contributed by atoms with van der Waals surface area (Å²) in [4.78, 5) is 21.7. The molecule has 1 aliphatic rings. The molecular formula is C43H42Cl2N6O2. The molecule has 8 nitrogen and oxygen atoms in total. The highest BCUT2D eigenvalue weighted by atomic mass is 35.5. The second kappa shape index (κ2) is 13.4. The molecule has 0 saturated carbocycles. The van der Waals surface area contributed by atoms with Crippen molar-refractivity contribution in [2.45, 2.75) is 53.5 Å². The lowest BCUT2D eigenvalue weighted by Crippen LogP contribution is -2.42. The first kappa shape index (κ1) is 35.0. The van der Waals surface area contributed by atoms with Crippen molar-refractivity contribution in [3.05, 3.63) is 117 Å². The number of nitrogens with zero attached hydrogens (tertiary/aromatic N) is 6. The van der Waals surface area contributed by atoms with E-state index in [4.69, 9.17) is 33.0 Å². The van der Waals surface area contributed by atoms with Crippen molar-refractivity contribution < 1.29 is 9.53 Å². The molecule has 0 N–H and O–H groups in total. The van der Waals surface area contributed by atoms with Crippen molar-refractivity contribution in [2.75, 3.05) is 18.1 Å². The Bertz CT molecular complexity index is 2560. The van der Waals surface area contributed by atoms with Crippen LogP contribution in [0.4, 0.5) is 5.69 Å². The molecule has 0 spiro atoms. The fourth-order valence-corrected chi connectivity index (χ4v) is 8.57. The van der Waals surface area contributed by atoms with Gasteiger partial charge in [0, 0.05) is 82.8 Å². The second-order valence-corrected chi connectivity index (χ2v) is 15.1. The van der Waals surface area contributed by atoms with E-state index in [0.717, 1.165) is 88.7 Å². The number of amides is 1. The lowest BCUT2D eigenvalue weighted by molar-refractivity contribution is 0.0957. The van der Waals surface area contributed by atoms with E-state index in [1.807, 2.05) is 80.8 Å². The van der Waals surface area contributed by atoms with E-state index in [-0.39, 0.29) is 11.9 Å². The zero-order chi connectivity index (χ0) is 37.3. The molecule has 4 aromatic heterocycles. The Morgan fingerprint density at radius 3 is 2.40 bits per heavy atom. The number of hydrogen-bond acceptors (Lipinski definition) is 4. The van der Waals surface area contributed by atoms with E-state index < -0.39 is 0 Å². The fourth-order valence-electron chi connectivity index (χ4n) is 8.22. The molecule has 7 aromatic rings. The third-order valence-electron chi connectivity index (χ3n) is 10.8. The monoisotopic (exact) mass is 744 g/mol. The minimum absolute atomic E-state index is 0.0309. The molecule has 53 heavy (non-hydrogen) atoms. The number of ether oxygens (including phenoxy) is 1. The van der Waals surface area contributed by atoms with Gasteiger partial charge < -0.3 is 18.8 Å². The summed E-state index contributed by atoms with van der Waals surface area (Å²) in [6, 6.07) is 20.2. The molecule has 0 aliphatic carbocycles. The lowest BCUT2D eigenvalue weighted by atomic mass is 9.98. The largest absolute Gasteiger partial charge is 0.494 e. The summed E-state index contributed by atoms with van der Waals surface area (Å²) in [5.41, 5.74) is 12.3. The van der Waals surface area contributed by atoms with Crippen molar-refractivity contribution in [2.24, 2.45) is 14.1 Å². The molecule has 0 bridgehead atoms. The molecular weight excluding hydrogens is 703 g/mol. The quantitative estimate of drug-likeness (QED) is 0.145. The number of aryl methyl sites for hydroxylation is 6. The smallest absolute Gasteiger partial charge is 0.275 e. The van der Waals surface area contributed by atoms with Crippen LogP contribution in [0.5, 0.6) is 5.75 Å². The van der Waals surface area contributed by atoms with Gasteiger partial charge in [-0.1, -0.05) is 41.4 Å². The molecule has 1 amide bonds. The Balaban J connectivity index is 1.26. The topological polar surface area (TPSA) is 70.1 Å². The first-order chi connectivity index (χ1) is 25.4. The number of anilines is 1. The number of pyridine rings is 1. The Labute approximate surface area is 319 Å². The number of rotatable bonds is 8. The summed E-state index contributed by atoms with van der Waals surface area (Å²) in [7, 11) is 3.99. The van der Waals surface area contributed by atoms with Gasteiger partial charge in [0.1, 0.15) is 11.4 Å². The fraction of sp³-hybridized carbons (Fsp3) is 0.279. The van der Waals surface area contributed by atoms with Crippen molar-refractivity contribution in [1.29, 1.82) is 0 Å². The molecule has 0 unspecified atom stereocenters. The first-order valence-corrected chi connectivity index (χ1v) is 18.8. The van der Waals surface area contributed by atoms with E-state index in [1.54, 1.807) is 6.20 Å². The first-order valence-electron chi connectivity index (χ1n) is 18.0. The minimum atomic E-state index is -0.0565. The SMILES string of the molecule is Cc1cc(OCCCc2c3n(c4c(-c5c(C)nn(C)c5C)c(Cl)ccc24)[C@H](C)CN(c2cn(C)c4ccc(-c5ccccn5)cc24)C3=O)cc(C)c1Cl. The van der Waals surface area contributed by atoms with Gasteiger partial charge in [0.15, 0.2) is 0 Å². The number of halogens is 2. The summed E-state index contributed by atoms with van der Waals surface area (Å²) < 4.78 is 12.5. The maximum Gasteiger partial charge on any atom is 0.275 e. The predicted octanol–water partition coefficient (Wildman–Crippen LogP) is 10.4. The second-order valence-electron chi connectivity index (χ2n) is 14.3. The van der Waals surface area contributed by atoms with Crippen molar-refractivity contribution in [1.82, 2.24) is 23.9 Å². The minimum Gasteiger partial charge on any atom is -0.494 e. The van der Waals surface area contributed by atoms with Gasteiger partial charge in [0.05, 0.1) is 34.2 Å². The number of hydrogen-bond donors (Lipinski definition) is 0. The molecule has 10 heteroatoms. The summed E-state index contributed by atoms with van der Waals surface area (Å²) >= 11 is 13.6. The molecule has 1 aliphatic heterocycles. The van der Waals surface area contributed by atoms with Crippen molar-refractivity contribution >= 4 is 56.6 Å². The zero-order valence-electron chi connectivity index (χ0n) is 31.1. The van der Waals surface area contributed by atoms with Crippen LogP contribution in [0, 0.1) is 27.7 Å². The lowest BCUT2D eigenvalue weighted by Gasteiger charge is -2.34. The third-order valence-corrected chi connectivity index (χ3v) is 11.7. The van der Waals surface area contributed by atoms with Gasteiger partial charge in [-0.25, -0.2) is 0 Å². The summed E-state index contributed by atoms with van der Waals surface area (Å²) in [6.07, 6.45) is 5.23. The molecule has 3 aromatic carbocycles. The average molecular weight is 746 g/mol. The molecule has 0 fully saturated rings. The predicted molar refractivity (Wildman–Crippen MR) is 216 cm³/mol. The van der Waals surface area contributed by atoms with E-state index in [0.29, 0.717) is 36.7 Å². The molecule has 0 radical (unpaired) electrons. The number of fused-ring (bicyclic) bond motifs is 4. The maximum absolute atomic E-state index is 15.2. The number of aromatic nitrogens is 5. The zero-order valence-corrected chi connectivity index (χ0v) is 32.6. The number of carbonyl (C=O) groups excluding carboxylic acids is 1. The van der Waals surface area contributed by atoms with Crippen LogP contribution in [0.25, 0.3) is 44.2 Å². The van der Waals surface area contributed by atoms with Crippen LogP contribution in [0.1, 0.15) is 58.0 Å². The van der Waals surface area contributed by atoms with E-state index in [1.165, 1.54) is 0 Å². The molecule has 5 heterocycles. The van der Waals surface area contributed by atoms with Crippen LogP contribution in [0.15, 0.2) is 73.1 Å². The van der Waals surface area contributed by atoms with Gasteiger partial charge >= 0.3 is 0 Å². The molecule has 1 atom stereocenters. The van der Waals surface area contributed by atoms with Crippen LogP contribution in [0.3, 0.4) is 0 Å². The van der Waals surface area contributed by atoms with Gasteiger partial charge in [-0.2, -0.15) is 5.10 Å². The van der Waals surface area contributed by atoms with Crippen LogP contribution >= 0.6 is 23.2 Å². The van der Waals surface area contributed by atoms with Gasteiger partial charge in [-0.15, -0.1) is 0 Å². The van der Waals surface area contributed by atoms with Gasteiger partial charge in [0.2, 0.25) is 0 Å². The number of benzene rings is 3. The summed E-state index contributed by atoms with van der Waals surface area (Å²) in [5.74, 6) is 0.762. The average Bonchev–Trinajstić information content (AvgIpc) is 3.74. The Hall–Kier alpha value is -5.05. The summed E-state index contributed by atoms with van der Waals surface area (Å²) in [5, 5.41) is 8.18. The van der Waals surface area contributed by atoms with E-state index >= 15 is 4.79 Å². The van der Waals surface area contributed by atoms with Crippen molar-refractivity contribution in [3.63, 3.8) is 0 Å². The third kappa shape index (κ3) is 5.79. The Morgan fingerprint density at radius 2 is 1.70 bits per heavy atom. The van der Waals surface area contributed by atoms with Crippen LogP contribution in [-0.4, -0.2) is 43.0 Å². The highest BCUT2D eigenvalue weighted by Gasteiger charge is 2.37. The molecule has 270 valence electrons. The highest BCUT2D eigenvalue weighted by Crippen LogP contribution is 2.46.